The number of phenolic OH excluding ortho intramolecular Hbond substituents is 1. The Morgan fingerprint density at radius 2 is 1.71 bits per heavy atom. The van der Waals surface area contributed by atoms with Gasteiger partial charge >= 0.3 is 0 Å². The number of halogens is 1. The van der Waals surface area contributed by atoms with E-state index in [1.165, 1.54) is 11.1 Å². The lowest BCUT2D eigenvalue weighted by atomic mass is 10.1. The molecule has 0 bridgehead atoms. The molecule has 4 rings (SSSR count). The highest BCUT2D eigenvalue weighted by molar-refractivity contribution is 7.80. The van der Waals surface area contributed by atoms with Crippen LogP contribution in [-0.4, -0.2) is 16.1 Å². The summed E-state index contributed by atoms with van der Waals surface area (Å²) in [6, 6.07) is 28.4. The minimum atomic E-state index is 0.197. The standard InChI is InChI=1S/C14H12ClN5O.C12H10S/c15-13-7-11(5-6-17-13)20-14(19-9-16)18-8-10-1-3-12(21)4-2-10;13-12-9-5-4-8-11(12)10-6-2-1-3-7-10/h1-7,21H,8H2,(H2,17,18,19,20);1-9,13H. The Bertz CT molecular complexity index is 1270. The van der Waals surface area contributed by atoms with Gasteiger partial charge in [0.2, 0.25) is 5.96 Å². The molecule has 0 atom stereocenters. The normalized spacial score (nSPS) is 10.4. The third-order valence-electron chi connectivity index (χ3n) is 4.51. The van der Waals surface area contributed by atoms with E-state index in [0.29, 0.717) is 23.3 Å². The van der Waals surface area contributed by atoms with Gasteiger partial charge in [0, 0.05) is 16.8 Å². The number of anilines is 1. The molecule has 0 aliphatic carbocycles. The summed E-state index contributed by atoms with van der Waals surface area (Å²) in [6.45, 7) is 0.357. The Morgan fingerprint density at radius 3 is 2.38 bits per heavy atom. The fourth-order valence-corrected chi connectivity index (χ4v) is 3.35. The van der Waals surface area contributed by atoms with Crippen LogP contribution in [0.4, 0.5) is 5.69 Å². The lowest BCUT2D eigenvalue weighted by Crippen LogP contribution is -2.26. The lowest BCUT2D eigenvalue weighted by Gasteiger charge is -2.08. The Kier molecular flexibility index (Phi) is 9.35. The van der Waals surface area contributed by atoms with Crippen LogP contribution in [0.1, 0.15) is 5.56 Å². The second-order valence-corrected chi connectivity index (χ2v) is 7.81. The summed E-state index contributed by atoms with van der Waals surface area (Å²) >= 11 is 10.2. The van der Waals surface area contributed by atoms with Gasteiger partial charge in [-0.3, -0.25) is 5.32 Å². The highest BCUT2D eigenvalue weighted by Gasteiger charge is 2.01. The average molecular weight is 488 g/mol. The number of nitriles is 1. The summed E-state index contributed by atoms with van der Waals surface area (Å²) in [5.41, 5.74) is 3.97. The second kappa shape index (κ2) is 12.9. The predicted octanol–water partition coefficient (Wildman–Crippen LogP) is 6.12. The molecule has 3 N–H and O–H groups in total. The number of guanidine groups is 1. The number of phenols is 1. The fourth-order valence-electron chi connectivity index (χ4n) is 2.89. The van der Waals surface area contributed by atoms with Crippen molar-refractivity contribution < 1.29 is 5.11 Å². The number of nitrogens with one attached hydrogen (secondary N) is 2. The first-order chi connectivity index (χ1) is 16.5. The maximum atomic E-state index is 9.22. The largest absolute Gasteiger partial charge is 0.508 e. The van der Waals surface area contributed by atoms with Gasteiger partial charge in [0.1, 0.15) is 10.9 Å². The van der Waals surface area contributed by atoms with Crippen LogP contribution in [0.2, 0.25) is 5.15 Å². The van der Waals surface area contributed by atoms with E-state index in [-0.39, 0.29) is 5.75 Å². The van der Waals surface area contributed by atoms with Crippen LogP contribution >= 0.6 is 24.2 Å². The molecule has 4 aromatic rings. The van der Waals surface area contributed by atoms with Crippen LogP contribution in [-0.2, 0) is 6.54 Å². The Balaban J connectivity index is 0.000000212. The minimum absolute atomic E-state index is 0.197. The Morgan fingerprint density at radius 1 is 1.00 bits per heavy atom. The van der Waals surface area contributed by atoms with Crippen molar-refractivity contribution in [2.75, 3.05) is 5.32 Å². The molecule has 8 heteroatoms. The molecule has 1 aromatic heterocycles. The van der Waals surface area contributed by atoms with Gasteiger partial charge in [-0.15, -0.1) is 12.6 Å². The maximum absolute atomic E-state index is 9.22. The second-order valence-electron chi connectivity index (χ2n) is 6.94. The Hall–Kier alpha value is -3.99. The van der Waals surface area contributed by atoms with E-state index in [1.807, 2.05) is 42.6 Å². The number of benzene rings is 3. The number of rotatable bonds is 4. The first kappa shape index (κ1) is 24.6. The third-order valence-corrected chi connectivity index (χ3v) is 5.11. The van der Waals surface area contributed by atoms with E-state index in [4.69, 9.17) is 16.9 Å². The SMILES string of the molecule is N#CNC(=NCc1ccc(O)cc1)Nc1ccnc(Cl)c1.Sc1ccccc1-c1ccccc1. The van der Waals surface area contributed by atoms with Gasteiger partial charge < -0.3 is 10.4 Å². The first-order valence-electron chi connectivity index (χ1n) is 10.2. The number of aromatic hydroxyl groups is 1. The number of aliphatic imine (C=N–C) groups is 1. The number of pyridine rings is 1. The van der Waals surface area contributed by atoms with Crippen LogP contribution in [0.3, 0.4) is 0 Å². The molecule has 0 fully saturated rings. The summed E-state index contributed by atoms with van der Waals surface area (Å²) in [4.78, 5) is 9.16. The molecule has 0 aliphatic rings. The van der Waals surface area contributed by atoms with E-state index >= 15 is 0 Å². The zero-order valence-electron chi connectivity index (χ0n) is 18.1. The van der Waals surface area contributed by atoms with Gasteiger partial charge in [0.15, 0.2) is 6.19 Å². The highest BCUT2D eigenvalue weighted by Crippen LogP contribution is 2.25. The molecule has 0 radical (unpaired) electrons. The zero-order valence-corrected chi connectivity index (χ0v) is 19.7. The lowest BCUT2D eigenvalue weighted by molar-refractivity contribution is 0.475. The molecular weight excluding hydrogens is 466 g/mol. The van der Waals surface area contributed by atoms with Crippen LogP contribution < -0.4 is 10.6 Å². The number of thiol groups is 1. The predicted molar refractivity (Wildman–Crippen MR) is 140 cm³/mol. The van der Waals surface area contributed by atoms with Crippen LogP contribution in [0.15, 0.2) is 107 Å². The van der Waals surface area contributed by atoms with Crippen LogP contribution in [0.5, 0.6) is 5.75 Å². The molecule has 34 heavy (non-hydrogen) atoms. The van der Waals surface area contributed by atoms with E-state index in [2.05, 4.69) is 51.4 Å². The number of hydrogen-bond donors (Lipinski definition) is 4. The van der Waals surface area contributed by atoms with E-state index < -0.39 is 0 Å². The molecule has 170 valence electrons. The van der Waals surface area contributed by atoms with Crippen LogP contribution in [0.25, 0.3) is 11.1 Å². The van der Waals surface area contributed by atoms with Crippen molar-refractivity contribution in [1.29, 1.82) is 5.26 Å². The quantitative estimate of drug-likeness (QED) is 0.0694. The van der Waals surface area contributed by atoms with Gasteiger partial charge in [-0.05, 0) is 47.0 Å². The van der Waals surface area contributed by atoms with E-state index in [0.717, 1.165) is 10.5 Å². The molecule has 0 spiro atoms. The zero-order chi connectivity index (χ0) is 24.2. The van der Waals surface area contributed by atoms with Crippen molar-refractivity contribution in [3.8, 4) is 23.1 Å². The molecular formula is C26H22ClN5OS. The molecule has 0 saturated heterocycles. The van der Waals surface area contributed by atoms with Crippen molar-refractivity contribution >= 4 is 35.9 Å². The van der Waals surface area contributed by atoms with Crippen molar-refractivity contribution in [2.24, 2.45) is 4.99 Å². The monoisotopic (exact) mass is 487 g/mol. The molecule has 6 nitrogen and oxygen atoms in total. The summed E-state index contributed by atoms with van der Waals surface area (Å²) in [5, 5.41) is 23.7. The van der Waals surface area contributed by atoms with E-state index in [1.54, 1.807) is 42.6 Å². The molecule has 0 aliphatic heterocycles. The van der Waals surface area contributed by atoms with Gasteiger partial charge in [-0.2, -0.15) is 5.26 Å². The summed E-state index contributed by atoms with van der Waals surface area (Å²) in [6.07, 6.45) is 3.37. The third kappa shape index (κ3) is 7.85. The van der Waals surface area contributed by atoms with Crippen molar-refractivity contribution in [1.82, 2.24) is 10.3 Å². The van der Waals surface area contributed by atoms with Crippen molar-refractivity contribution in [3.63, 3.8) is 0 Å². The van der Waals surface area contributed by atoms with Gasteiger partial charge in [0.05, 0.1) is 6.54 Å². The van der Waals surface area contributed by atoms with E-state index in [9.17, 15) is 5.11 Å². The van der Waals surface area contributed by atoms with Gasteiger partial charge in [-0.25, -0.2) is 9.98 Å². The molecule has 0 unspecified atom stereocenters. The molecule has 0 saturated carbocycles. The topological polar surface area (TPSA) is 93.3 Å². The maximum Gasteiger partial charge on any atom is 0.209 e. The van der Waals surface area contributed by atoms with Crippen LogP contribution in [0, 0.1) is 11.5 Å². The minimum Gasteiger partial charge on any atom is -0.508 e. The van der Waals surface area contributed by atoms with Crippen molar-refractivity contribution in [3.05, 3.63) is 108 Å². The first-order valence-corrected chi connectivity index (χ1v) is 11.1. The smallest absolute Gasteiger partial charge is 0.209 e. The summed E-state index contributed by atoms with van der Waals surface area (Å²) in [7, 11) is 0. The van der Waals surface area contributed by atoms with Gasteiger partial charge in [0.25, 0.3) is 0 Å². The van der Waals surface area contributed by atoms with Gasteiger partial charge in [-0.1, -0.05) is 72.3 Å². The molecule has 3 aromatic carbocycles. The fraction of sp³-hybridized carbons (Fsp3) is 0.0385. The number of hydrogen-bond acceptors (Lipinski definition) is 5. The average Bonchev–Trinajstić information content (AvgIpc) is 2.85. The highest BCUT2D eigenvalue weighted by atomic mass is 35.5. The summed E-state index contributed by atoms with van der Waals surface area (Å²) < 4.78 is 0. The van der Waals surface area contributed by atoms with Crippen molar-refractivity contribution in [2.45, 2.75) is 11.4 Å². The summed E-state index contributed by atoms with van der Waals surface area (Å²) in [5.74, 6) is 0.496. The molecule has 1 heterocycles. The Labute approximate surface area is 209 Å². The molecule has 0 amide bonds. The number of aromatic nitrogens is 1. The number of nitrogens with zero attached hydrogens (tertiary/aromatic N) is 3.